The Balaban J connectivity index is 1.99. The highest BCUT2D eigenvalue weighted by molar-refractivity contribution is 8.40. The molecule has 2 heterocycles. The highest BCUT2D eigenvalue weighted by atomic mass is 32.3. The molecule has 0 atom stereocenters. The fourth-order valence-corrected chi connectivity index (χ4v) is 10.8. The lowest BCUT2D eigenvalue weighted by molar-refractivity contribution is -0.140. The Morgan fingerprint density at radius 1 is 0.931 bits per heavy atom. The van der Waals surface area contributed by atoms with E-state index >= 15 is 0 Å². The lowest BCUT2D eigenvalue weighted by Crippen LogP contribution is -2.00. The second-order valence-corrected chi connectivity index (χ2v) is 13.5. The minimum atomic E-state index is -0.795. The highest BCUT2D eigenvalue weighted by Gasteiger charge is 2.23. The lowest BCUT2D eigenvalue weighted by atomic mass is 10.5. The van der Waals surface area contributed by atoms with Crippen molar-refractivity contribution in [2.45, 2.75) is 12.8 Å². The van der Waals surface area contributed by atoms with Gasteiger partial charge in [0, 0.05) is 37.1 Å². The molecule has 0 spiro atoms. The molecule has 29 heavy (non-hydrogen) atoms. The maximum absolute atomic E-state index is 11.4. The number of carboxylic acids is 1. The fourth-order valence-electron chi connectivity index (χ4n) is 1.91. The van der Waals surface area contributed by atoms with Crippen molar-refractivity contribution in [2.24, 2.45) is 0 Å². The van der Waals surface area contributed by atoms with Gasteiger partial charge >= 0.3 is 11.9 Å². The van der Waals surface area contributed by atoms with Crippen molar-refractivity contribution in [1.29, 1.82) is 0 Å². The zero-order chi connectivity index (χ0) is 21.2. The van der Waals surface area contributed by atoms with Gasteiger partial charge in [-0.15, -0.1) is 23.5 Å². The quantitative estimate of drug-likeness (QED) is 0.203. The van der Waals surface area contributed by atoms with Gasteiger partial charge < -0.3 is 9.84 Å². The molecule has 2 aliphatic rings. The fraction of sp³-hybridized carbons (Fsp3) is 0.412. The first-order valence-electron chi connectivity index (χ1n) is 8.32. The third-order valence-corrected chi connectivity index (χ3v) is 12.3. The number of ether oxygens (including phenoxy) is 1. The van der Waals surface area contributed by atoms with Crippen molar-refractivity contribution >= 4 is 108 Å². The molecule has 0 aromatic heterocycles. The third-order valence-electron chi connectivity index (χ3n) is 3.27. The van der Waals surface area contributed by atoms with Gasteiger partial charge in [0.25, 0.3) is 0 Å². The van der Waals surface area contributed by atoms with Crippen molar-refractivity contribution in [3.8, 4) is 0 Å². The molecule has 0 fully saturated rings. The number of hydrogen-bond acceptors (Lipinski definition) is 11. The molecule has 4 nitrogen and oxygen atoms in total. The Morgan fingerprint density at radius 2 is 1.41 bits per heavy atom. The summed E-state index contributed by atoms with van der Waals surface area (Å²) in [5.74, 6) is 1.59. The van der Waals surface area contributed by atoms with Gasteiger partial charge in [0.05, 0.1) is 32.7 Å². The molecule has 0 unspecified atom stereocenters. The van der Waals surface area contributed by atoms with Crippen LogP contribution in [-0.2, 0) is 14.3 Å². The van der Waals surface area contributed by atoms with Crippen LogP contribution in [0.25, 0.3) is 0 Å². The van der Waals surface area contributed by atoms with Gasteiger partial charge in [-0.25, -0.2) is 0 Å². The molecule has 2 aliphatic heterocycles. The molecule has 2 rings (SSSR count). The number of allylic oxidation sites excluding steroid dienone is 2. The van der Waals surface area contributed by atoms with Crippen LogP contribution in [0.2, 0.25) is 0 Å². The van der Waals surface area contributed by atoms with Crippen molar-refractivity contribution in [2.75, 3.05) is 30.1 Å². The van der Waals surface area contributed by atoms with Crippen molar-refractivity contribution in [1.82, 2.24) is 0 Å². The Labute approximate surface area is 207 Å². The first-order valence-corrected chi connectivity index (χ1v) is 14.8. The summed E-state index contributed by atoms with van der Waals surface area (Å²) >= 11 is 18.8. The molecule has 0 saturated carbocycles. The zero-order valence-electron chi connectivity index (χ0n) is 15.4. The van der Waals surface area contributed by atoms with Crippen LogP contribution in [0, 0.1) is 0 Å². The van der Waals surface area contributed by atoms with E-state index < -0.39 is 5.97 Å². The molecule has 0 aromatic carbocycles. The average Bonchev–Trinajstić information content (AvgIpc) is 3.29. The summed E-state index contributed by atoms with van der Waals surface area (Å²) in [7, 11) is 1.39. The van der Waals surface area contributed by atoms with Crippen LogP contribution in [0.5, 0.6) is 0 Å². The molecular weight excluding hydrogens is 525 g/mol. The number of esters is 1. The topological polar surface area (TPSA) is 63.6 Å². The van der Waals surface area contributed by atoms with Crippen LogP contribution in [0.15, 0.2) is 38.9 Å². The molecule has 0 saturated heterocycles. The number of rotatable bonds is 11. The second-order valence-electron chi connectivity index (χ2n) is 5.28. The Bertz CT molecular complexity index is 739. The number of methoxy groups -OCH3 is 1. The molecule has 160 valence electrons. The van der Waals surface area contributed by atoms with E-state index in [0.717, 1.165) is 24.2 Å². The minimum Gasteiger partial charge on any atom is -0.481 e. The number of aliphatic carboxylic acids is 1. The second kappa shape index (κ2) is 14.0. The van der Waals surface area contributed by atoms with Gasteiger partial charge in [0.15, 0.2) is 0 Å². The Hall–Kier alpha value is 0.700. The summed E-state index contributed by atoms with van der Waals surface area (Å²) in [5, 5.41) is 8.89. The summed E-state index contributed by atoms with van der Waals surface area (Å²) in [4.78, 5) is 24.7. The van der Waals surface area contributed by atoms with Gasteiger partial charge in [-0.3, -0.25) is 9.59 Å². The van der Waals surface area contributed by atoms with E-state index in [1.165, 1.54) is 21.2 Å². The first-order chi connectivity index (χ1) is 14.0. The van der Waals surface area contributed by atoms with Crippen LogP contribution in [-0.4, -0.2) is 47.2 Å². The van der Waals surface area contributed by atoms with Gasteiger partial charge in [-0.05, 0) is 12.2 Å². The summed E-state index contributed by atoms with van der Waals surface area (Å²) < 4.78 is 9.27. The van der Waals surface area contributed by atoms with Gasteiger partial charge in [-0.2, -0.15) is 25.3 Å². The number of carbonyl (C=O) groups is 2. The zero-order valence-corrected chi connectivity index (χ0v) is 22.1. The molecule has 0 aliphatic carbocycles. The van der Waals surface area contributed by atoms with Crippen LogP contribution < -0.4 is 0 Å². The van der Waals surface area contributed by atoms with E-state index in [4.69, 9.17) is 9.84 Å². The van der Waals surface area contributed by atoms with Crippen molar-refractivity contribution in [3.63, 3.8) is 0 Å². The smallest absolute Gasteiger partial charge is 0.306 e. The average molecular weight is 545 g/mol. The minimum absolute atomic E-state index is 0.126. The molecule has 0 amide bonds. The van der Waals surface area contributed by atoms with Crippen LogP contribution in [0.3, 0.4) is 0 Å². The van der Waals surface area contributed by atoms with E-state index in [1.54, 1.807) is 70.6 Å². The maximum Gasteiger partial charge on any atom is 0.306 e. The number of carboxylic acid groups (broad SMARTS) is 1. The van der Waals surface area contributed by atoms with E-state index in [-0.39, 0.29) is 12.4 Å². The van der Waals surface area contributed by atoms with Crippen LogP contribution in [0.1, 0.15) is 12.8 Å². The normalized spacial score (nSPS) is 18.2. The predicted molar refractivity (Wildman–Crippen MR) is 142 cm³/mol. The number of thioether (sulfide) groups is 6. The first kappa shape index (κ1) is 26.0. The Morgan fingerprint density at radius 3 is 1.86 bits per heavy atom. The summed E-state index contributed by atoms with van der Waals surface area (Å²) in [6.07, 6.45) is 4.70. The van der Waals surface area contributed by atoms with E-state index in [2.05, 4.69) is 37.4 Å². The Kier molecular flexibility index (Phi) is 12.5. The third kappa shape index (κ3) is 8.99. The summed E-state index contributed by atoms with van der Waals surface area (Å²) in [6, 6.07) is 0. The molecule has 0 aromatic rings. The predicted octanol–water partition coefficient (Wildman–Crippen LogP) is 6.33. The number of carbonyl (C=O) groups excluding carboxylic acids is 1. The van der Waals surface area contributed by atoms with Gasteiger partial charge in [0.2, 0.25) is 0 Å². The van der Waals surface area contributed by atoms with Crippen molar-refractivity contribution < 1.29 is 19.4 Å². The van der Waals surface area contributed by atoms with E-state index in [9.17, 15) is 9.59 Å². The molecular formula is C17H20O4S8. The SMILES string of the molecule is COC(=O)CCSC1=C(SCCC(=O)O)SC(=CC=C2SC(CS)=C(CS)S2)S1. The van der Waals surface area contributed by atoms with E-state index in [0.29, 0.717) is 17.9 Å². The number of thiol groups is 2. The van der Waals surface area contributed by atoms with Crippen LogP contribution in [0.4, 0.5) is 0 Å². The molecule has 0 bridgehead atoms. The monoisotopic (exact) mass is 544 g/mol. The molecule has 1 N–H and O–H groups in total. The molecule has 12 heteroatoms. The lowest BCUT2D eigenvalue weighted by Gasteiger charge is -2.03. The summed E-state index contributed by atoms with van der Waals surface area (Å²) in [6.45, 7) is 0. The van der Waals surface area contributed by atoms with Crippen LogP contribution >= 0.6 is 95.8 Å². The van der Waals surface area contributed by atoms with E-state index in [1.807, 2.05) is 0 Å². The van der Waals surface area contributed by atoms with Crippen molar-refractivity contribution in [3.05, 3.63) is 38.9 Å². The molecule has 0 radical (unpaired) electrons. The largest absolute Gasteiger partial charge is 0.481 e. The standard InChI is InChI=1S/C17H20O4S8/c1-21-13(20)5-7-25-17-16(24-6-4-12(18)19)28-15(29-17)3-2-14-26-10(8-22)11(9-23)27-14/h2-3,22-23H,4-9H2,1H3,(H,18,19). The summed E-state index contributed by atoms with van der Waals surface area (Å²) in [5.41, 5.74) is 0. The van der Waals surface area contributed by atoms with Gasteiger partial charge in [-0.1, -0.05) is 47.0 Å². The maximum atomic E-state index is 11.4. The highest BCUT2D eigenvalue weighted by Crippen LogP contribution is 2.58. The number of hydrogen-bond donors (Lipinski definition) is 3. The van der Waals surface area contributed by atoms with Gasteiger partial charge in [0.1, 0.15) is 0 Å².